The molecule has 0 fully saturated rings. The zero-order valence-electron chi connectivity index (χ0n) is 12.0. The molecular formula is C16H15N5O. The minimum atomic E-state index is -0.358. The molecule has 0 radical (unpaired) electrons. The second kappa shape index (κ2) is 6.09. The Bertz CT molecular complexity index is 782. The van der Waals surface area contributed by atoms with Gasteiger partial charge in [-0.25, -0.2) is 4.79 Å². The van der Waals surface area contributed by atoms with Gasteiger partial charge < -0.3 is 5.32 Å². The predicted octanol–water partition coefficient (Wildman–Crippen LogP) is 3.13. The fraction of sp³-hybridized carbons (Fsp3) is 0.0625. The van der Waals surface area contributed by atoms with E-state index in [-0.39, 0.29) is 6.03 Å². The maximum atomic E-state index is 12.1. The number of amides is 2. The van der Waals surface area contributed by atoms with Gasteiger partial charge in [-0.3, -0.25) is 15.0 Å². The normalized spacial score (nSPS) is 10.2. The molecular weight excluding hydrogens is 278 g/mol. The van der Waals surface area contributed by atoms with Crippen LogP contribution >= 0.6 is 0 Å². The number of hydrogen-bond acceptors (Lipinski definition) is 3. The highest BCUT2D eigenvalue weighted by molar-refractivity contribution is 6.01. The predicted molar refractivity (Wildman–Crippen MR) is 85.5 cm³/mol. The van der Waals surface area contributed by atoms with Crippen molar-refractivity contribution in [3.05, 3.63) is 60.9 Å². The van der Waals surface area contributed by atoms with Gasteiger partial charge >= 0.3 is 6.03 Å². The fourth-order valence-corrected chi connectivity index (χ4v) is 2.08. The molecule has 2 heterocycles. The number of nitrogens with zero attached hydrogens (tertiary/aromatic N) is 3. The van der Waals surface area contributed by atoms with Gasteiger partial charge in [-0.15, -0.1) is 0 Å². The van der Waals surface area contributed by atoms with E-state index in [1.165, 1.54) is 0 Å². The van der Waals surface area contributed by atoms with Gasteiger partial charge in [0.05, 0.1) is 11.4 Å². The summed E-state index contributed by atoms with van der Waals surface area (Å²) < 4.78 is 1.62. The van der Waals surface area contributed by atoms with Crippen LogP contribution in [0.15, 0.2) is 60.9 Å². The van der Waals surface area contributed by atoms with E-state index in [1.54, 1.807) is 36.3 Å². The monoisotopic (exact) mass is 293 g/mol. The third-order valence-electron chi connectivity index (χ3n) is 3.06. The summed E-state index contributed by atoms with van der Waals surface area (Å²) in [5.74, 6) is 0.491. The number of carbonyl (C=O) groups excluding carboxylic acids is 1. The highest BCUT2D eigenvalue weighted by Crippen LogP contribution is 2.25. The van der Waals surface area contributed by atoms with Gasteiger partial charge in [-0.2, -0.15) is 5.10 Å². The first kappa shape index (κ1) is 13.8. The summed E-state index contributed by atoms with van der Waals surface area (Å²) in [6.45, 7) is 0. The summed E-state index contributed by atoms with van der Waals surface area (Å²) >= 11 is 0. The SMILES string of the molecule is Cn1ccc(NC(=O)Nc2cccnc2-c2ccccc2)n1. The summed E-state index contributed by atoms with van der Waals surface area (Å²) in [4.78, 5) is 16.4. The van der Waals surface area contributed by atoms with E-state index < -0.39 is 0 Å². The lowest BCUT2D eigenvalue weighted by molar-refractivity contribution is 0.262. The summed E-state index contributed by atoms with van der Waals surface area (Å²) in [5, 5.41) is 9.59. The number of rotatable bonds is 3. The summed E-state index contributed by atoms with van der Waals surface area (Å²) in [6.07, 6.45) is 3.46. The van der Waals surface area contributed by atoms with Crippen molar-refractivity contribution >= 4 is 17.5 Å². The fourth-order valence-electron chi connectivity index (χ4n) is 2.08. The van der Waals surface area contributed by atoms with Crippen molar-refractivity contribution in [3.8, 4) is 11.3 Å². The van der Waals surface area contributed by atoms with Crippen LogP contribution in [0.4, 0.5) is 16.3 Å². The van der Waals surface area contributed by atoms with Crippen molar-refractivity contribution in [2.24, 2.45) is 7.05 Å². The van der Waals surface area contributed by atoms with Crippen molar-refractivity contribution in [1.29, 1.82) is 0 Å². The van der Waals surface area contributed by atoms with Crippen molar-refractivity contribution in [3.63, 3.8) is 0 Å². The van der Waals surface area contributed by atoms with Crippen molar-refractivity contribution in [2.75, 3.05) is 10.6 Å². The van der Waals surface area contributed by atoms with Crippen LogP contribution in [-0.4, -0.2) is 20.8 Å². The van der Waals surface area contributed by atoms with Crippen molar-refractivity contribution in [1.82, 2.24) is 14.8 Å². The number of nitrogens with one attached hydrogen (secondary N) is 2. The highest BCUT2D eigenvalue weighted by atomic mass is 16.2. The van der Waals surface area contributed by atoms with Crippen molar-refractivity contribution < 1.29 is 4.79 Å². The Balaban J connectivity index is 1.79. The zero-order valence-corrected chi connectivity index (χ0v) is 12.0. The molecule has 3 rings (SSSR count). The van der Waals surface area contributed by atoms with Crippen LogP contribution in [0.5, 0.6) is 0 Å². The number of aromatic nitrogens is 3. The largest absolute Gasteiger partial charge is 0.324 e. The molecule has 0 unspecified atom stereocenters. The number of urea groups is 1. The maximum absolute atomic E-state index is 12.1. The Morgan fingerprint density at radius 1 is 1.05 bits per heavy atom. The number of pyridine rings is 1. The molecule has 0 atom stereocenters. The van der Waals surface area contributed by atoms with Crippen molar-refractivity contribution in [2.45, 2.75) is 0 Å². The van der Waals surface area contributed by atoms with E-state index in [1.807, 2.05) is 36.4 Å². The van der Waals surface area contributed by atoms with Gasteiger partial charge in [0.1, 0.15) is 0 Å². The first-order valence-corrected chi connectivity index (χ1v) is 6.80. The Morgan fingerprint density at radius 3 is 2.59 bits per heavy atom. The van der Waals surface area contributed by atoms with Crippen LogP contribution < -0.4 is 10.6 Å². The van der Waals surface area contributed by atoms with Gasteiger partial charge in [-0.05, 0) is 12.1 Å². The molecule has 6 nitrogen and oxygen atoms in total. The van der Waals surface area contributed by atoms with Crippen LogP contribution in [0, 0.1) is 0 Å². The molecule has 0 aliphatic rings. The number of carbonyl (C=O) groups is 1. The number of aryl methyl sites for hydroxylation is 1. The quantitative estimate of drug-likeness (QED) is 0.779. The Hall–Kier alpha value is -3.15. The first-order chi connectivity index (χ1) is 10.7. The number of hydrogen-bond donors (Lipinski definition) is 2. The van der Waals surface area contributed by atoms with Gasteiger partial charge in [-0.1, -0.05) is 30.3 Å². The van der Waals surface area contributed by atoms with Gasteiger partial charge in [0, 0.05) is 31.1 Å². The van der Waals surface area contributed by atoms with Crippen LogP contribution in [0.2, 0.25) is 0 Å². The van der Waals surface area contributed by atoms with Gasteiger partial charge in [0.2, 0.25) is 0 Å². The molecule has 110 valence electrons. The molecule has 3 aromatic rings. The zero-order chi connectivity index (χ0) is 15.4. The average Bonchev–Trinajstić information content (AvgIpc) is 2.93. The second-order valence-corrected chi connectivity index (χ2v) is 4.72. The van der Waals surface area contributed by atoms with E-state index >= 15 is 0 Å². The van der Waals surface area contributed by atoms with Crippen LogP contribution in [0.1, 0.15) is 0 Å². The smallest absolute Gasteiger partial charge is 0.306 e. The van der Waals surface area contributed by atoms with Crippen LogP contribution in [-0.2, 0) is 7.05 Å². The highest BCUT2D eigenvalue weighted by Gasteiger charge is 2.10. The third kappa shape index (κ3) is 3.12. The molecule has 0 aliphatic carbocycles. The molecule has 6 heteroatoms. The molecule has 0 saturated heterocycles. The number of benzene rings is 1. The third-order valence-corrected chi connectivity index (χ3v) is 3.06. The average molecular weight is 293 g/mol. The maximum Gasteiger partial charge on any atom is 0.324 e. The van der Waals surface area contributed by atoms with Gasteiger partial charge in [0.15, 0.2) is 5.82 Å². The summed E-state index contributed by atoms with van der Waals surface area (Å²) in [6, 6.07) is 14.7. The summed E-state index contributed by atoms with van der Waals surface area (Å²) in [5.41, 5.74) is 2.30. The van der Waals surface area contributed by atoms with E-state index in [2.05, 4.69) is 20.7 Å². The molecule has 0 aliphatic heterocycles. The molecule has 22 heavy (non-hydrogen) atoms. The van der Waals surface area contributed by atoms with Gasteiger partial charge in [0.25, 0.3) is 0 Å². The lowest BCUT2D eigenvalue weighted by Crippen LogP contribution is -2.20. The van der Waals surface area contributed by atoms with E-state index in [0.29, 0.717) is 11.5 Å². The molecule has 0 saturated carbocycles. The topological polar surface area (TPSA) is 71.8 Å². The van der Waals surface area contributed by atoms with Crippen LogP contribution in [0.25, 0.3) is 11.3 Å². The van der Waals surface area contributed by atoms with E-state index in [9.17, 15) is 4.79 Å². The second-order valence-electron chi connectivity index (χ2n) is 4.72. The standard InChI is InChI=1S/C16H15N5O/c1-21-11-9-14(20-21)19-16(22)18-13-8-5-10-17-15(13)12-6-3-2-4-7-12/h2-11H,1H3,(H2,18,19,20,22). The molecule has 2 amide bonds. The Kier molecular flexibility index (Phi) is 3.82. The van der Waals surface area contributed by atoms with Crippen LogP contribution in [0.3, 0.4) is 0 Å². The molecule has 2 N–H and O–H groups in total. The molecule has 2 aromatic heterocycles. The molecule has 0 spiro atoms. The number of anilines is 2. The van der Waals surface area contributed by atoms with E-state index in [0.717, 1.165) is 11.3 Å². The first-order valence-electron chi connectivity index (χ1n) is 6.80. The summed E-state index contributed by atoms with van der Waals surface area (Å²) in [7, 11) is 1.79. The minimum Gasteiger partial charge on any atom is -0.306 e. The minimum absolute atomic E-state index is 0.358. The Morgan fingerprint density at radius 2 is 1.86 bits per heavy atom. The molecule has 1 aromatic carbocycles. The Labute approximate surface area is 127 Å². The van der Waals surface area contributed by atoms with E-state index in [4.69, 9.17) is 0 Å². The lowest BCUT2D eigenvalue weighted by atomic mass is 10.1. The molecule has 0 bridgehead atoms. The lowest BCUT2D eigenvalue weighted by Gasteiger charge is -2.10.